The second-order valence-corrected chi connectivity index (χ2v) is 4.68. The van der Waals surface area contributed by atoms with Crippen LogP contribution in [0.1, 0.15) is 22.5 Å². The van der Waals surface area contributed by atoms with Crippen LogP contribution in [0.25, 0.3) is 0 Å². The number of carbonyl (C=O) groups excluding carboxylic acids is 1. The molecule has 1 aromatic carbocycles. The molecular formula is C12H10FN3OS. The van der Waals surface area contributed by atoms with Gasteiger partial charge in [0.15, 0.2) is 5.69 Å². The van der Waals surface area contributed by atoms with Crippen LogP contribution < -0.4 is 4.90 Å². The van der Waals surface area contributed by atoms with E-state index < -0.39 is 0 Å². The summed E-state index contributed by atoms with van der Waals surface area (Å²) in [6, 6.07) is 4.53. The van der Waals surface area contributed by atoms with Gasteiger partial charge in [0, 0.05) is 12.2 Å². The van der Waals surface area contributed by atoms with Crippen LogP contribution in [0, 0.1) is 5.82 Å². The highest BCUT2D eigenvalue weighted by Crippen LogP contribution is 2.28. The standard InChI is InChI=1S/C12H10FN3OS/c13-9-3-4-11-8(6-9)2-1-5-16(11)12(17)10-7-14-18-15-10/h3-4,6-7H,1-2,5H2. The van der Waals surface area contributed by atoms with Gasteiger partial charge in [-0.05, 0) is 36.6 Å². The van der Waals surface area contributed by atoms with Crippen molar-refractivity contribution in [1.82, 2.24) is 8.75 Å². The Bertz CT molecular complexity index is 585. The maximum absolute atomic E-state index is 13.2. The lowest BCUT2D eigenvalue weighted by atomic mass is 10.0. The van der Waals surface area contributed by atoms with E-state index in [1.165, 1.54) is 18.3 Å². The number of fused-ring (bicyclic) bond motifs is 1. The number of hydrogen-bond acceptors (Lipinski definition) is 4. The van der Waals surface area contributed by atoms with Crippen LogP contribution in [0.2, 0.25) is 0 Å². The summed E-state index contributed by atoms with van der Waals surface area (Å²) in [6.07, 6.45) is 3.09. The van der Waals surface area contributed by atoms with E-state index in [-0.39, 0.29) is 11.7 Å². The average molecular weight is 263 g/mol. The molecule has 1 aliphatic heterocycles. The van der Waals surface area contributed by atoms with Crippen LogP contribution in [-0.4, -0.2) is 21.2 Å². The van der Waals surface area contributed by atoms with E-state index >= 15 is 0 Å². The predicted molar refractivity (Wildman–Crippen MR) is 66.3 cm³/mol. The summed E-state index contributed by atoms with van der Waals surface area (Å²) in [5, 5.41) is 0. The van der Waals surface area contributed by atoms with E-state index in [2.05, 4.69) is 8.75 Å². The highest BCUT2D eigenvalue weighted by atomic mass is 32.1. The largest absolute Gasteiger partial charge is 0.307 e. The Morgan fingerprint density at radius 3 is 3.11 bits per heavy atom. The molecule has 0 radical (unpaired) electrons. The zero-order valence-electron chi connectivity index (χ0n) is 9.47. The van der Waals surface area contributed by atoms with Crippen LogP contribution in [0.5, 0.6) is 0 Å². The van der Waals surface area contributed by atoms with E-state index in [4.69, 9.17) is 0 Å². The summed E-state index contributed by atoms with van der Waals surface area (Å²) in [7, 11) is 0. The number of benzene rings is 1. The first kappa shape index (κ1) is 11.3. The van der Waals surface area contributed by atoms with Gasteiger partial charge in [-0.2, -0.15) is 8.75 Å². The molecule has 0 atom stereocenters. The van der Waals surface area contributed by atoms with Gasteiger partial charge in [0.1, 0.15) is 5.82 Å². The maximum Gasteiger partial charge on any atom is 0.279 e. The highest BCUT2D eigenvalue weighted by molar-refractivity contribution is 6.99. The topological polar surface area (TPSA) is 46.1 Å². The number of hydrogen-bond donors (Lipinski definition) is 0. The Balaban J connectivity index is 1.99. The van der Waals surface area contributed by atoms with E-state index in [0.717, 1.165) is 35.8 Å². The summed E-state index contributed by atoms with van der Waals surface area (Å²) in [6.45, 7) is 0.634. The molecule has 0 fully saturated rings. The lowest BCUT2D eigenvalue weighted by Crippen LogP contribution is -2.35. The lowest BCUT2D eigenvalue weighted by molar-refractivity contribution is 0.0981. The number of anilines is 1. The van der Waals surface area contributed by atoms with Gasteiger partial charge in [0.25, 0.3) is 5.91 Å². The summed E-state index contributed by atoms with van der Waals surface area (Å²) in [5.41, 5.74) is 2.00. The zero-order chi connectivity index (χ0) is 12.5. The van der Waals surface area contributed by atoms with Gasteiger partial charge in [-0.1, -0.05) is 0 Å². The summed E-state index contributed by atoms with van der Waals surface area (Å²) < 4.78 is 21.0. The SMILES string of the molecule is O=C(c1cnsn1)N1CCCc2cc(F)ccc21. The van der Waals surface area contributed by atoms with Crippen molar-refractivity contribution in [3.8, 4) is 0 Å². The lowest BCUT2D eigenvalue weighted by Gasteiger charge is -2.28. The smallest absolute Gasteiger partial charge is 0.279 e. The van der Waals surface area contributed by atoms with Crippen LogP contribution in [-0.2, 0) is 6.42 Å². The van der Waals surface area contributed by atoms with Gasteiger partial charge < -0.3 is 4.90 Å². The first-order valence-corrected chi connectivity index (χ1v) is 6.36. The summed E-state index contributed by atoms with van der Waals surface area (Å²) in [4.78, 5) is 13.9. The molecule has 6 heteroatoms. The number of aromatic nitrogens is 2. The summed E-state index contributed by atoms with van der Waals surface area (Å²) in [5.74, 6) is -0.435. The Morgan fingerprint density at radius 2 is 2.33 bits per heavy atom. The van der Waals surface area contributed by atoms with Crippen molar-refractivity contribution in [3.05, 3.63) is 41.5 Å². The van der Waals surface area contributed by atoms with E-state index in [9.17, 15) is 9.18 Å². The fraction of sp³-hybridized carbons (Fsp3) is 0.250. The molecule has 0 aliphatic carbocycles. The molecule has 0 spiro atoms. The van der Waals surface area contributed by atoms with Gasteiger partial charge >= 0.3 is 0 Å². The average Bonchev–Trinajstić information content (AvgIpc) is 2.90. The van der Waals surface area contributed by atoms with Crippen molar-refractivity contribution in [2.45, 2.75) is 12.8 Å². The predicted octanol–water partition coefficient (Wildman–Crippen LogP) is 2.27. The van der Waals surface area contributed by atoms with Crippen molar-refractivity contribution in [1.29, 1.82) is 0 Å². The zero-order valence-corrected chi connectivity index (χ0v) is 10.3. The molecule has 2 aromatic rings. The fourth-order valence-electron chi connectivity index (χ4n) is 2.17. The molecule has 0 N–H and O–H groups in total. The molecule has 2 heterocycles. The molecule has 1 aliphatic rings. The molecule has 0 saturated carbocycles. The Labute approximate surface area is 107 Å². The van der Waals surface area contributed by atoms with Gasteiger partial charge in [-0.25, -0.2) is 4.39 Å². The van der Waals surface area contributed by atoms with Crippen LogP contribution in [0.15, 0.2) is 24.4 Å². The minimum atomic E-state index is -0.265. The molecule has 0 saturated heterocycles. The highest BCUT2D eigenvalue weighted by Gasteiger charge is 2.25. The quantitative estimate of drug-likeness (QED) is 0.793. The number of rotatable bonds is 1. The van der Waals surface area contributed by atoms with E-state index in [1.807, 2.05) is 0 Å². The number of nitrogens with zero attached hydrogens (tertiary/aromatic N) is 3. The van der Waals surface area contributed by atoms with Crippen molar-refractivity contribution in [3.63, 3.8) is 0 Å². The van der Waals surface area contributed by atoms with Crippen molar-refractivity contribution >= 4 is 23.3 Å². The molecule has 92 valence electrons. The Morgan fingerprint density at radius 1 is 1.44 bits per heavy atom. The van der Waals surface area contributed by atoms with Gasteiger partial charge in [-0.15, -0.1) is 0 Å². The number of halogens is 1. The van der Waals surface area contributed by atoms with E-state index in [1.54, 1.807) is 11.0 Å². The molecule has 1 amide bonds. The fourth-order valence-corrected chi connectivity index (χ4v) is 2.58. The van der Waals surface area contributed by atoms with Gasteiger partial charge in [-0.3, -0.25) is 4.79 Å². The maximum atomic E-state index is 13.2. The van der Waals surface area contributed by atoms with Gasteiger partial charge in [0.2, 0.25) is 0 Å². The van der Waals surface area contributed by atoms with E-state index in [0.29, 0.717) is 12.2 Å². The van der Waals surface area contributed by atoms with Crippen LogP contribution >= 0.6 is 11.7 Å². The molecule has 4 nitrogen and oxygen atoms in total. The minimum Gasteiger partial charge on any atom is -0.307 e. The molecule has 1 aromatic heterocycles. The molecule has 18 heavy (non-hydrogen) atoms. The third-order valence-corrected chi connectivity index (χ3v) is 3.46. The van der Waals surface area contributed by atoms with Crippen LogP contribution in [0.3, 0.4) is 0 Å². The number of aryl methyl sites for hydroxylation is 1. The second-order valence-electron chi connectivity index (χ2n) is 4.13. The Kier molecular flexibility index (Phi) is 2.79. The first-order valence-electron chi connectivity index (χ1n) is 5.63. The third-order valence-electron chi connectivity index (χ3n) is 2.99. The number of carbonyl (C=O) groups is 1. The summed E-state index contributed by atoms with van der Waals surface area (Å²) >= 11 is 1.01. The minimum absolute atomic E-state index is 0.170. The Hall–Kier alpha value is -1.82. The van der Waals surface area contributed by atoms with Crippen molar-refractivity contribution in [2.24, 2.45) is 0 Å². The molecule has 0 bridgehead atoms. The van der Waals surface area contributed by atoms with Crippen molar-refractivity contribution in [2.75, 3.05) is 11.4 Å². The first-order chi connectivity index (χ1) is 8.75. The van der Waals surface area contributed by atoms with Crippen molar-refractivity contribution < 1.29 is 9.18 Å². The number of amides is 1. The monoisotopic (exact) mass is 263 g/mol. The van der Waals surface area contributed by atoms with Crippen LogP contribution in [0.4, 0.5) is 10.1 Å². The second kappa shape index (κ2) is 4.45. The van der Waals surface area contributed by atoms with Gasteiger partial charge in [0.05, 0.1) is 17.9 Å². The molecule has 3 rings (SSSR count). The normalized spacial score (nSPS) is 14.4. The third kappa shape index (κ3) is 1.88. The molecule has 0 unspecified atom stereocenters. The molecular weight excluding hydrogens is 253 g/mol.